The Labute approximate surface area is 149 Å². The second-order valence-corrected chi connectivity index (χ2v) is 5.33. The molecule has 2 heterocycles. The summed E-state index contributed by atoms with van der Waals surface area (Å²) >= 11 is 0. The van der Waals surface area contributed by atoms with E-state index in [0.717, 1.165) is 11.3 Å². The molecule has 0 aliphatic carbocycles. The normalized spacial score (nSPS) is 10.3. The third-order valence-corrected chi connectivity index (χ3v) is 3.54. The molecule has 0 fully saturated rings. The highest BCUT2D eigenvalue weighted by Crippen LogP contribution is 2.13. The zero-order chi connectivity index (χ0) is 18.4. The smallest absolute Gasteiger partial charge is 0.302 e. The first-order valence-corrected chi connectivity index (χ1v) is 7.87. The molecule has 3 aromatic rings. The Morgan fingerprint density at radius 2 is 2.04 bits per heavy atom. The number of hydrogen-bond donors (Lipinski definition) is 2. The molecule has 2 amide bonds. The largest absolute Gasteiger partial charge is 0.497 e. The van der Waals surface area contributed by atoms with Gasteiger partial charge in [-0.2, -0.15) is 4.98 Å². The van der Waals surface area contributed by atoms with E-state index in [9.17, 15) is 9.59 Å². The van der Waals surface area contributed by atoms with E-state index in [-0.39, 0.29) is 17.5 Å². The summed E-state index contributed by atoms with van der Waals surface area (Å²) in [6.45, 7) is 0.424. The zero-order valence-electron chi connectivity index (χ0n) is 14.0. The molecule has 8 nitrogen and oxygen atoms in total. The predicted octanol–water partition coefficient (Wildman–Crippen LogP) is 2.50. The van der Waals surface area contributed by atoms with Crippen molar-refractivity contribution in [2.45, 2.75) is 6.42 Å². The highest BCUT2D eigenvalue weighted by atomic mass is 16.5. The molecule has 8 heteroatoms. The number of hydrogen-bond acceptors (Lipinski definition) is 6. The van der Waals surface area contributed by atoms with E-state index in [0.29, 0.717) is 13.0 Å². The highest BCUT2D eigenvalue weighted by Gasteiger charge is 2.15. The maximum absolute atomic E-state index is 12.1. The number of benzene rings is 1. The van der Waals surface area contributed by atoms with Gasteiger partial charge >= 0.3 is 6.01 Å². The van der Waals surface area contributed by atoms with E-state index in [2.05, 4.69) is 15.6 Å². The zero-order valence-corrected chi connectivity index (χ0v) is 14.0. The molecule has 26 heavy (non-hydrogen) atoms. The summed E-state index contributed by atoms with van der Waals surface area (Å²) in [5.41, 5.74) is 1.11. The quantitative estimate of drug-likeness (QED) is 0.674. The summed E-state index contributed by atoms with van der Waals surface area (Å²) in [4.78, 5) is 27.9. The molecular weight excluding hydrogens is 338 g/mol. The molecule has 0 unspecified atom stereocenters. The third kappa shape index (κ3) is 4.29. The monoisotopic (exact) mass is 355 g/mol. The maximum Gasteiger partial charge on any atom is 0.302 e. The van der Waals surface area contributed by atoms with E-state index < -0.39 is 11.8 Å². The number of ether oxygens (including phenoxy) is 1. The average Bonchev–Trinajstić information content (AvgIpc) is 3.34. The summed E-state index contributed by atoms with van der Waals surface area (Å²) in [5.74, 6) is -0.0215. The topological polar surface area (TPSA) is 107 Å². The Bertz CT molecular complexity index is 886. The minimum Gasteiger partial charge on any atom is -0.497 e. The van der Waals surface area contributed by atoms with Crippen LogP contribution in [0.4, 0.5) is 6.01 Å². The van der Waals surface area contributed by atoms with E-state index in [1.165, 1.54) is 18.6 Å². The molecule has 0 radical (unpaired) electrons. The minimum absolute atomic E-state index is 0.0744. The van der Waals surface area contributed by atoms with Crippen molar-refractivity contribution in [1.29, 1.82) is 0 Å². The van der Waals surface area contributed by atoms with Crippen LogP contribution in [0.5, 0.6) is 5.75 Å². The fourth-order valence-electron chi connectivity index (χ4n) is 2.24. The number of aromatic nitrogens is 1. The van der Waals surface area contributed by atoms with Crippen molar-refractivity contribution in [1.82, 2.24) is 10.3 Å². The number of oxazole rings is 1. The van der Waals surface area contributed by atoms with Crippen LogP contribution in [-0.2, 0) is 6.42 Å². The van der Waals surface area contributed by atoms with Gasteiger partial charge in [-0.1, -0.05) is 12.1 Å². The van der Waals surface area contributed by atoms with Gasteiger partial charge in [0, 0.05) is 6.54 Å². The molecule has 0 bridgehead atoms. The van der Waals surface area contributed by atoms with Crippen LogP contribution < -0.4 is 15.4 Å². The van der Waals surface area contributed by atoms with Crippen molar-refractivity contribution in [3.05, 3.63) is 65.9 Å². The summed E-state index contributed by atoms with van der Waals surface area (Å²) in [6.07, 6.45) is 3.20. The van der Waals surface area contributed by atoms with Gasteiger partial charge in [-0.05, 0) is 36.2 Å². The van der Waals surface area contributed by atoms with Gasteiger partial charge < -0.3 is 18.9 Å². The average molecular weight is 355 g/mol. The van der Waals surface area contributed by atoms with E-state index in [1.807, 2.05) is 24.3 Å². The lowest BCUT2D eigenvalue weighted by Gasteiger charge is -2.05. The third-order valence-electron chi connectivity index (χ3n) is 3.54. The van der Waals surface area contributed by atoms with E-state index >= 15 is 0 Å². The van der Waals surface area contributed by atoms with Crippen molar-refractivity contribution in [2.75, 3.05) is 19.0 Å². The molecule has 2 aromatic heterocycles. The van der Waals surface area contributed by atoms with Crippen molar-refractivity contribution in [3.8, 4) is 5.75 Å². The number of nitrogens with zero attached hydrogens (tertiary/aromatic N) is 1. The van der Waals surface area contributed by atoms with Gasteiger partial charge in [0.15, 0.2) is 11.5 Å². The molecule has 3 rings (SSSR count). The first-order chi connectivity index (χ1) is 12.7. The highest BCUT2D eigenvalue weighted by molar-refractivity contribution is 6.01. The fourth-order valence-corrected chi connectivity index (χ4v) is 2.24. The van der Waals surface area contributed by atoms with Gasteiger partial charge in [0.25, 0.3) is 11.8 Å². The Morgan fingerprint density at radius 1 is 1.15 bits per heavy atom. The van der Waals surface area contributed by atoms with Crippen LogP contribution in [0.1, 0.15) is 26.6 Å². The number of rotatable bonds is 7. The van der Waals surface area contributed by atoms with Crippen LogP contribution in [0.25, 0.3) is 0 Å². The van der Waals surface area contributed by atoms with Gasteiger partial charge in [0.2, 0.25) is 0 Å². The van der Waals surface area contributed by atoms with Crippen molar-refractivity contribution in [3.63, 3.8) is 0 Å². The van der Waals surface area contributed by atoms with Gasteiger partial charge in [-0.15, -0.1) is 0 Å². The molecular formula is C18H17N3O5. The summed E-state index contributed by atoms with van der Waals surface area (Å²) in [5, 5.41) is 5.16. The molecule has 2 N–H and O–H groups in total. The standard InChI is InChI=1S/C18H17N3O5/c1-24-13-5-2-4-12(10-13)7-8-19-16(22)14-11-26-18(20-14)21-17(23)15-6-3-9-25-15/h2-6,9-11H,7-8H2,1H3,(H,19,22)(H,20,21,23). The van der Waals surface area contributed by atoms with Crippen molar-refractivity contribution in [2.24, 2.45) is 0 Å². The molecule has 0 saturated heterocycles. The molecule has 134 valence electrons. The van der Waals surface area contributed by atoms with Crippen LogP contribution in [-0.4, -0.2) is 30.5 Å². The number of methoxy groups -OCH3 is 1. The number of nitrogens with one attached hydrogen (secondary N) is 2. The molecule has 0 atom stereocenters. The second-order valence-electron chi connectivity index (χ2n) is 5.33. The molecule has 0 aliphatic rings. The van der Waals surface area contributed by atoms with E-state index in [4.69, 9.17) is 13.6 Å². The van der Waals surface area contributed by atoms with Crippen molar-refractivity contribution < 1.29 is 23.2 Å². The Morgan fingerprint density at radius 3 is 2.81 bits per heavy atom. The Kier molecular flexibility index (Phi) is 5.33. The Balaban J connectivity index is 1.50. The predicted molar refractivity (Wildman–Crippen MR) is 92.2 cm³/mol. The lowest BCUT2D eigenvalue weighted by Crippen LogP contribution is -2.26. The van der Waals surface area contributed by atoms with Gasteiger partial charge in [0.05, 0.1) is 13.4 Å². The Hall–Kier alpha value is -3.55. The lowest BCUT2D eigenvalue weighted by molar-refractivity contribution is 0.0947. The van der Waals surface area contributed by atoms with E-state index in [1.54, 1.807) is 13.2 Å². The SMILES string of the molecule is COc1cccc(CCNC(=O)c2coc(NC(=O)c3ccco3)n2)c1. The van der Waals surface area contributed by atoms with Crippen LogP contribution in [0.2, 0.25) is 0 Å². The fraction of sp³-hybridized carbons (Fsp3) is 0.167. The van der Waals surface area contributed by atoms with Crippen LogP contribution in [0.15, 0.2) is 57.8 Å². The molecule has 0 aliphatic heterocycles. The van der Waals surface area contributed by atoms with Crippen LogP contribution in [0.3, 0.4) is 0 Å². The van der Waals surface area contributed by atoms with Gasteiger partial charge in [-0.3, -0.25) is 14.9 Å². The van der Waals surface area contributed by atoms with Crippen LogP contribution in [0, 0.1) is 0 Å². The number of carbonyl (C=O) groups is 2. The number of amides is 2. The first-order valence-electron chi connectivity index (χ1n) is 7.87. The van der Waals surface area contributed by atoms with Gasteiger partial charge in [0.1, 0.15) is 12.0 Å². The summed E-state index contributed by atoms with van der Waals surface area (Å²) < 4.78 is 15.2. The molecule has 0 saturated carbocycles. The lowest BCUT2D eigenvalue weighted by atomic mass is 10.1. The summed E-state index contributed by atoms with van der Waals surface area (Å²) in [7, 11) is 1.60. The van der Waals surface area contributed by atoms with Gasteiger partial charge in [-0.25, -0.2) is 0 Å². The minimum atomic E-state index is -0.512. The second kappa shape index (κ2) is 8.02. The number of anilines is 1. The summed E-state index contributed by atoms with van der Waals surface area (Å²) in [6, 6.07) is 10.6. The van der Waals surface area contributed by atoms with Crippen LogP contribution >= 0.6 is 0 Å². The van der Waals surface area contributed by atoms with Crippen molar-refractivity contribution >= 4 is 17.8 Å². The number of furan rings is 1. The molecule has 1 aromatic carbocycles. The number of carbonyl (C=O) groups excluding carboxylic acids is 2. The maximum atomic E-state index is 12.1. The first kappa shape index (κ1) is 17.3. The molecule has 0 spiro atoms.